The zero-order valence-electron chi connectivity index (χ0n) is 10.0. The van der Waals surface area contributed by atoms with Crippen molar-refractivity contribution in [3.63, 3.8) is 0 Å². The summed E-state index contributed by atoms with van der Waals surface area (Å²) in [7, 11) is 1.70. The fraction of sp³-hybridized carbons (Fsp3) is 0.417. The van der Waals surface area contributed by atoms with Gasteiger partial charge in [0.05, 0.1) is 24.2 Å². The molecule has 4 nitrogen and oxygen atoms in total. The van der Waals surface area contributed by atoms with Gasteiger partial charge in [-0.2, -0.15) is 0 Å². The van der Waals surface area contributed by atoms with E-state index in [4.69, 9.17) is 4.74 Å². The number of nitrogens with one attached hydrogen (secondary N) is 2. The van der Waals surface area contributed by atoms with Crippen molar-refractivity contribution in [1.82, 2.24) is 15.3 Å². The van der Waals surface area contributed by atoms with E-state index in [2.05, 4.69) is 44.2 Å². The van der Waals surface area contributed by atoms with Crippen LogP contribution in [0.5, 0.6) is 0 Å². The third-order valence-electron chi connectivity index (χ3n) is 2.57. The average molecular weight is 298 g/mol. The molecule has 1 heterocycles. The lowest BCUT2D eigenvalue weighted by molar-refractivity contribution is 0.199. The van der Waals surface area contributed by atoms with Gasteiger partial charge in [-0.05, 0) is 24.6 Å². The molecule has 0 radical (unpaired) electrons. The summed E-state index contributed by atoms with van der Waals surface area (Å²) < 4.78 is 6.05. The second-order valence-electron chi connectivity index (χ2n) is 3.97. The number of imidazole rings is 1. The predicted octanol–water partition coefficient (Wildman–Crippen LogP) is 2.37. The highest BCUT2D eigenvalue weighted by Gasteiger charge is 2.05. The number of H-pyrrole nitrogens is 1. The van der Waals surface area contributed by atoms with Crippen molar-refractivity contribution in [2.24, 2.45) is 0 Å². The molecule has 1 aromatic heterocycles. The molecule has 0 amide bonds. The molecule has 0 aliphatic rings. The highest BCUT2D eigenvalue weighted by atomic mass is 79.9. The van der Waals surface area contributed by atoms with Crippen molar-refractivity contribution < 1.29 is 4.74 Å². The minimum Gasteiger partial charge on any atom is -0.383 e. The van der Waals surface area contributed by atoms with E-state index in [1.165, 1.54) is 5.56 Å². The van der Waals surface area contributed by atoms with Crippen LogP contribution in [-0.4, -0.2) is 30.2 Å². The molecule has 0 aliphatic heterocycles. The number of aromatic nitrogens is 2. The number of ether oxygens (including phenoxy) is 1. The Morgan fingerprint density at radius 3 is 3.06 bits per heavy atom. The summed E-state index contributed by atoms with van der Waals surface area (Å²) in [4.78, 5) is 7.88. The molecule has 0 fully saturated rings. The summed E-state index contributed by atoms with van der Waals surface area (Å²) >= 11 is 3.49. The molecule has 0 unspecified atom stereocenters. The molecule has 0 bridgehead atoms. The molecule has 17 heavy (non-hydrogen) atoms. The first kappa shape index (κ1) is 12.5. The van der Waals surface area contributed by atoms with Crippen molar-refractivity contribution in [2.45, 2.75) is 13.5 Å². The van der Waals surface area contributed by atoms with E-state index in [0.717, 1.165) is 34.4 Å². The van der Waals surface area contributed by atoms with Crippen LogP contribution in [0.2, 0.25) is 0 Å². The highest BCUT2D eigenvalue weighted by molar-refractivity contribution is 9.10. The molecular weight excluding hydrogens is 282 g/mol. The van der Waals surface area contributed by atoms with Gasteiger partial charge in [0.1, 0.15) is 5.82 Å². The van der Waals surface area contributed by atoms with Crippen molar-refractivity contribution in [3.8, 4) is 0 Å². The van der Waals surface area contributed by atoms with E-state index >= 15 is 0 Å². The minimum absolute atomic E-state index is 0.713. The summed E-state index contributed by atoms with van der Waals surface area (Å²) in [5.74, 6) is 0.956. The lowest BCUT2D eigenvalue weighted by atomic mass is 10.2. The largest absolute Gasteiger partial charge is 0.383 e. The van der Waals surface area contributed by atoms with E-state index < -0.39 is 0 Å². The SMILES string of the molecule is COCCNCc1nc2c(C)cc(Br)cc2[nH]1. The molecule has 2 N–H and O–H groups in total. The van der Waals surface area contributed by atoms with Crippen molar-refractivity contribution in [3.05, 3.63) is 28.0 Å². The first-order valence-corrected chi connectivity index (χ1v) is 6.34. The van der Waals surface area contributed by atoms with Crippen LogP contribution in [0.15, 0.2) is 16.6 Å². The lowest BCUT2D eigenvalue weighted by Gasteiger charge is -2.00. The maximum atomic E-state index is 4.97. The molecule has 2 aromatic rings. The number of halogens is 1. The summed E-state index contributed by atoms with van der Waals surface area (Å²) in [6.07, 6.45) is 0. The zero-order valence-corrected chi connectivity index (χ0v) is 11.6. The van der Waals surface area contributed by atoms with Crippen LogP contribution in [0, 0.1) is 6.92 Å². The quantitative estimate of drug-likeness (QED) is 0.833. The van der Waals surface area contributed by atoms with E-state index in [-0.39, 0.29) is 0 Å². The van der Waals surface area contributed by atoms with Gasteiger partial charge in [-0.25, -0.2) is 4.98 Å². The molecule has 0 aliphatic carbocycles. The Morgan fingerprint density at radius 2 is 2.29 bits per heavy atom. The Balaban J connectivity index is 2.12. The number of nitrogens with zero attached hydrogens (tertiary/aromatic N) is 1. The Hall–Kier alpha value is -0.910. The molecule has 1 aromatic carbocycles. The molecule has 92 valence electrons. The monoisotopic (exact) mass is 297 g/mol. The molecule has 0 atom stereocenters. The van der Waals surface area contributed by atoms with Crippen LogP contribution in [0.1, 0.15) is 11.4 Å². The highest BCUT2D eigenvalue weighted by Crippen LogP contribution is 2.21. The maximum Gasteiger partial charge on any atom is 0.121 e. The lowest BCUT2D eigenvalue weighted by Crippen LogP contribution is -2.19. The van der Waals surface area contributed by atoms with Gasteiger partial charge < -0.3 is 15.0 Å². The normalized spacial score (nSPS) is 11.2. The molecular formula is C12H16BrN3O. The van der Waals surface area contributed by atoms with Gasteiger partial charge in [-0.15, -0.1) is 0 Å². The van der Waals surface area contributed by atoms with E-state index in [0.29, 0.717) is 6.61 Å². The van der Waals surface area contributed by atoms with Crippen LogP contribution >= 0.6 is 15.9 Å². The first-order valence-electron chi connectivity index (χ1n) is 5.55. The Kier molecular flexibility index (Phi) is 4.15. The summed E-state index contributed by atoms with van der Waals surface area (Å²) in [6, 6.07) is 4.12. The van der Waals surface area contributed by atoms with E-state index in [1.54, 1.807) is 7.11 Å². The summed E-state index contributed by atoms with van der Waals surface area (Å²) in [5, 5.41) is 3.27. The smallest absolute Gasteiger partial charge is 0.121 e. The van der Waals surface area contributed by atoms with E-state index in [1.807, 2.05) is 6.07 Å². The fourth-order valence-corrected chi connectivity index (χ4v) is 2.33. The number of aryl methyl sites for hydroxylation is 1. The number of aromatic amines is 1. The first-order chi connectivity index (χ1) is 8.20. The molecule has 5 heteroatoms. The minimum atomic E-state index is 0.713. The number of hydrogen-bond acceptors (Lipinski definition) is 3. The Morgan fingerprint density at radius 1 is 1.47 bits per heavy atom. The number of rotatable bonds is 5. The van der Waals surface area contributed by atoms with Crippen LogP contribution in [0.4, 0.5) is 0 Å². The van der Waals surface area contributed by atoms with Crippen LogP contribution in [0.25, 0.3) is 11.0 Å². The maximum absolute atomic E-state index is 4.97. The fourth-order valence-electron chi connectivity index (χ4n) is 1.76. The van der Waals surface area contributed by atoms with Gasteiger partial charge in [0.15, 0.2) is 0 Å². The van der Waals surface area contributed by atoms with Gasteiger partial charge in [0, 0.05) is 18.1 Å². The number of benzene rings is 1. The second kappa shape index (κ2) is 5.62. The van der Waals surface area contributed by atoms with Gasteiger partial charge in [0.25, 0.3) is 0 Å². The third-order valence-corrected chi connectivity index (χ3v) is 3.02. The standard InChI is InChI=1S/C12H16BrN3O/c1-8-5-9(13)6-10-12(8)16-11(15-10)7-14-3-4-17-2/h5-6,14H,3-4,7H2,1-2H3,(H,15,16). The zero-order chi connectivity index (χ0) is 12.3. The van der Waals surface area contributed by atoms with Crippen LogP contribution in [-0.2, 0) is 11.3 Å². The van der Waals surface area contributed by atoms with Crippen LogP contribution < -0.4 is 5.32 Å². The number of methoxy groups -OCH3 is 1. The summed E-state index contributed by atoms with van der Waals surface area (Å²) in [5.41, 5.74) is 3.28. The Bertz CT molecular complexity index is 510. The average Bonchev–Trinajstić information content (AvgIpc) is 2.67. The van der Waals surface area contributed by atoms with Crippen molar-refractivity contribution in [2.75, 3.05) is 20.3 Å². The van der Waals surface area contributed by atoms with Crippen molar-refractivity contribution >= 4 is 27.0 Å². The molecule has 2 rings (SSSR count). The van der Waals surface area contributed by atoms with Gasteiger partial charge >= 0.3 is 0 Å². The molecule has 0 saturated carbocycles. The van der Waals surface area contributed by atoms with Crippen LogP contribution in [0.3, 0.4) is 0 Å². The summed E-state index contributed by atoms with van der Waals surface area (Å²) in [6.45, 7) is 4.34. The third kappa shape index (κ3) is 3.06. The second-order valence-corrected chi connectivity index (χ2v) is 4.89. The number of hydrogen-bond donors (Lipinski definition) is 2. The van der Waals surface area contributed by atoms with Gasteiger partial charge in [-0.3, -0.25) is 0 Å². The molecule has 0 spiro atoms. The van der Waals surface area contributed by atoms with Gasteiger partial charge in [0.2, 0.25) is 0 Å². The topological polar surface area (TPSA) is 49.9 Å². The Labute approximate surface area is 109 Å². The number of fused-ring (bicyclic) bond motifs is 1. The predicted molar refractivity (Wildman–Crippen MR) is 72.1 cm³/mol. The van der Waals surface area contributed by atoms with Crippen molar-refractivity contribution in [1.29, 1.82) is 0 Å². The van der Waals surface area contributed by atoms with E-state index in [9.17, 15) is 0 Å². The van der Waals surface area contributed by atoms with Gasteiger partial charge in [-0.1, -0.05) is 15.9 Å². The molecule has 0 saturated heterocycles.